The summed E-state index contributed by atoms with van der Waals surface area (Å²) in [5.41, 5.74) is 5.46. The number of hydrogen-bond donors (Lipinski definition) is 2. The smallest absolute Gasteiger partial charge is 0.378 e. The molecule has 0 aromatic carbocycles. The van der Waals surface area contributed by atoms with Crippen molar-refractivity contribution in [2.75, 3.05) is 6.61 Å². The topological polar surface area (TPSA) is 93.9 Å². The lowest BCUT2D eigenvalue weighted by molar-refractivity contribution is 0.0512. The van der Waals surface area contributed by atoms with Gasteiger partial charge in [-0.15, -0.1) is 5.10 Å². The van der Waals surface area contributed by atoms with Crippen molar-refractivity contribution in [3.05, 3.63) is 11.6 Å². The maximum atomic E-state index is 11.3. The first-order chi connectivity index (χ1) is 7.51. The van der Waals surface area contributed by atoms with E-state index >= 15 is 0 Å². The molecule has 90 valence electrons. The third kappa shape index (κ3) is 2.79. The Hall–Kier alpha value is -1.43. The van der Waals surface area contributed by atoms with Crippen LogP contribution < -0.4 is 5.73 Å². The minimum absolute atomic E-state index is 0.0321. The van der Waals surface area contributed by atoms with Crippen LogP contribution in [-0.4, -0.2) is 27.8 Å². The van der Waals surface area contributed by atoms with Crippen LogP contribution in [0.1, 0.15) is 50.1 Å². The SMILES string of the molecule is CCCC(C)(N)c1nc(C(=O)OCC)n[nH]1. The normalized spacial score (nSPS) is 14.5. The number of aromatic amines is 1. The van der Waals surface area contributed by atoms with Crippen molar-refractivity contribution in [1.82, 2.24) is 15.2 Å². The van der Waals surface area contributed by atoms with E-state index in [1.54, 1.807) is 6.92 Å². The lowest BCUT2D eigenvalue weighted by atomic mass is 9.97. The highest BCUT2D eigenvalue weighted by Gasteiger charge is 2.26. The molecule has 0 fully saturated rings. The summed E-state index contributed by atoms with van der Waals surface area (Å²) < 4.78 is 4.79. The summed E-state index contributed by atoms with van der Waals surface area (Å²) in [5.74, 6) is 0.0133. The Morgan fingerprint density at radius 3 is 2.81 bits per heavy atom. The Labute approximate surface area is 94.6 Å². The van der Waals surface area contributed by atoms with Crippen molar-refractivity contribution >= 4 is 5.97 Å². The van der Waals surface area contributed by atoms with Gasteiger partial charge in [0.05, 0.1) is 12.1 Å². The van der Waals surface area contributed by atoms with Gasteiger partial charge in [-0.25, -0.2) is 9.78 Å². The second-order valence-corrected chi connectivity index (χ2v) is 3.90. The number of aromatic nitrogens is 3. The van der Waals surface area contributed by atoms with Gasteiger partial charge in [-0.1, -0.05) is 13.3 Å². The number of hydrogen-bond acceptors (Lipinski definition) is 5. The molecule has 6 nitrogen and oxygen atoms in total. The lowest BCUT2D eigenvalue weighted by Gasteiger charge is -2.20. The van der Waals surface area contributed by atoms with E-state index in [0.717, 1.165) is 12.8 Å². The minimum Gasteiger partial charge on any atom is -0.460 e. The first-order valence-corrected chi connectivity index (χ1v) is 5.40. The van der Waals surface area contributed by atoms with E-state index in [9.17, 15) is 4.79 Å². The predicted molar refractivity (Wildman–Crippen MR) is 58.8 cm³/mol. The summed E-state index contributed by atoms with van der Waals surface area (Å²) in [6, 6.07) is 0. The van der Waals surface area contributed by atoms with E-state index in [1.807, 2.05) is 13.8 Å². The van der Waals surface area contributed by atoms with E-state index in [1.165, 1.54) is 0 Å². The molecule has 0 aliphatic heterocycles. The van der Waals surface area contributed by atoms with Gasteiger partial charge in [0.25, 0.3) is 5.82 Å². The molecule has 0 aliphatic carbocycles. The van der Waals surface area contributed by atoms with Gasteiger partial charge in [-0.2, -0.15) is 0 Å². The van der Waals surface area contributed by atoms with Gasteiger partial charge in [0.15, 0.2) is 0 Å². The summed E-state index contributed by atoms with van der Waals surface area (Å²) in [6.45, 7) is 5.92. The number of esters is 1. The van der Waals surface area contributed by atoms with Crippen molar-refractivity contribution < 1.29 is 9.53 Å². The number of rotatable bonds is 5. The predicted octanol–water partition coefficient (Wildman–Crippen LogP) is 0.955. The molecule has 1 rings (SSSR count). The molecule has 0 aliphatic rings. The van der Waals surface area contributed by atoms with Crippen LogP contribution in [0.25, 0.3) is 0 Å². The van der Waals surface area contributed by atoms with Crippen molar-refractivity contribution in [2.24, 2.45) is 5.73 Å². The molecule has 0 bridgehead atoms. The summed E-state index contributed by atoms with van der Waals surface area (Å²) in [6.07, 6.45) is 1.70. The number of nitrogens with zero attached hydrogens (tertiary/aromatic N) is 2. The van der Waals surface area contributed by atoms with E-state index < -0.39 is 11.5 Å². The largest absolute Gasteiger partial charge is 0.460 e. The van der Waals surface area contributed by atoms with Crippen molar-refractivity contribution in [2.45, 2.75) is 39.2 Å². The van der Waals surface area contributed by atoms with Gasteiger partial charge in [-0.05, 0) is 20.3 Å². The fraction of sp³-hybridized carbons (Fsp3) is 0.700. The standard InChI is InChI=1S/C10H18N4O2/c1-4-6-10(3,11)9-12-7(13-14-9)8(15)16-5-2/h4-6,11H2,1-3H3,(H,12,13,14). The quantitative estimate of drug-likeness (QED) is 0.729. The number of carbonyl (C=O) groups excluding carboxylic acids is 1. The second-order valence-electron chi connectivity index (χ2n) is 3.90. The van der Waals surface area contributed by atoms with Gasteiger partial charge in [0, 0.05) is 0 Å². The Balaban J connectivity index is 2.82. The van der Waals surface area contributed by atoms with E-state index in [2.05, 4.69) is 15.2 Å². The Morgan fingerprint density at radius 1 is 1.56 bits per heavy atom. The fourth-order valence-electron chi connectivity index (χ4n) is 1.44. The molecule has 3 N–H and O–H groups in total. The average Bonchev–Trinajstić information content (AvgIpc) is 2.67. The highest BCUT2D eigenvalue weighted by atomic mass is 16.5. The van der Waals surface area contributed by atoms with Crippen LogP contribution in [0.3, 0.4) is 0 Å². The lowest BCUT2D eigenvalue weighted by Crippen LogP contribution is -2.34. The Bertz CT molecular complexity index is 359. The molecule has 16 heavy (non-hydrogen) atoms. The highest BCUT2D eigenvalue weighted by molar-refractivity contribution is 5.84. The van der Waals surface area contributed by atoms with Gasteiger partial charge >= 0.3 is 5.97 Å². The number of ether oxygens (including phenoxy) is 1. The maximum absolute atomic E-state index is 11.3. The molecular weight excluding hydrogens is 208 g/mol. The van der Waals surface area contributed by atoms with Crippen LogP contribution in [0.4, 0.5) is 0 Å². The number of carbonyl (C=O) groups is 1. The third-order valence-electron chi connectivity index (χ3n) is 2.25. The molecule has 1 aromatic rings. The van der Waals surface area contributed by atoms with Crippen LogP contribution in [0, 0.1) is 0 Å². The molecule has 0 radical (unpaired) electrons. The fourth-order valence-corrected chi connectivity index (χ4v) is 1.44. The van der Waals surface area contributed by atoms with Crippen molar-refractivity contribution in [3.8, 4) is 0 Å². The minimum atomic E-state index is -0.591. The van der Waals surface area contributed by atoms with Gasteiger partial charge in [-0.3, -0.25) is 5.10 Å². The number of nitrogens with one attached hydrogen (secondary N) is 1. The third-order valence-corrected chi connectivity index (χ3v) is 2.25. The second kappa shape index (κ2) is 5.07. The van der Waals surface area contributed by atoms with Crippen LogP contribution in [0.15, 0.2) is 0 Å². The zero-order chi connectivity index (χ0) is 12.2. The summed E-state index contributed by atoms with van der Waals surface area (Å²) in [7, 11) is 0. The first-order valence-electron chi connectivity index (χ1n) is 5.40. The average molecular weight is 226 g/mol. The molecule has 6 heteroatoms. The van der Waals surface area contributed by atoms with Crippen molar-refractivity contribution in [3.63, 3.8) is 0 Å². The van der Waals surface area contributed by atoms with E-state index in [0.29, 0.717) is 12.4 Å². The monoisotopic (exact) mass is 226 g/mol. The van der Waals surface area contributed by atoms with Gasteiger partial charge < -0.3 is 10.5 Å². The molecule has 1 unspecified atom stereocenters. The molecule has 0 spiro atoms. The number of nitrogens with two attached hydrogens (primary N) is 1. The first kappa shape index (κ1) is 12.6. The molecular formula is C10H18N4O2. The van der Waals surface area contributed by atoms with Crippen LogP contribution in [0.2, 0.25) is 0 Å². The Kier molecular flexibility index (Phi) is 4.00. The summed E-state index contributed by atoms with van der Waals surface area (Å²) >= 11 is 0. The van der Waals surface area contributed by atoms with Crippen LogP contribution in [0.5, 0.6) is 0 Å². The van der Waals surface area contributed by atoms with Gasteiger partial charge in [0.2, 0.25) is 0 Å². The van der Waals surface area contributed by atoms with Crippen LogP contribution >= 0.6 is 0 Å². The summed E-state index contributed by atoms with van der Waals surface area (Å²) in [5, 5.41) is 6.48. The van der Waals surface area contributed by atoms with Crippen LogP contribution in [-0.2, 0) is 10.3 Å². The number of H-pyrrole nitrogens is 1. The van der Waals surface area contributed by atoms with E-state index in [-0.39, 0.29) is 5.82 Å². The molecule has 0 saturated heterocycles. The van der Waals surface area contributed by atoms with Gasteiger partial charge in [0.1, 0.15) is 5.82 Å². The van der Waals surface area contributed by atoms with Crippen molar-refractivity contribution in [1.29, 1.82) is 0 Å². The molecule has 0 saturated carbocycles. The molecule has 0 amide bonds. The zero-order valence-electron chi connectivity index (χ0n) is 9.91. The van der Waals surface area contributed by atoms with E-state index in [4.69, 9.17) is 10.5 Å². The molecule has 1 atom stereocenters. The zero-order valence-corrected chi connectivity index (χ0v) is 9.91. The maximum Gasteiger partial charge on any atom is 0.378 e. The Morgan fingerprint density at radius 2 is 2.25 bits per heavy atom. The molecule has 1 heterocycles. The molecule has 1 aromatic heterocycles. The highest BCUT2D eigenvalue weighted by Crippen LogP contribution is 2.19. The summed E-state index contributed by atoms with van der Waals surface area (Å²) in [4.78, 5) is 15.4.